The van der Waals surface area contributed by atoms with Gasteiger partial charge in [0.25, 0.3) is 0 Å². The van der Waals surface area contributed by atoms with Crippen LogP contribution in [0.1, 0.15) is 5.56 Å². The Balaban J connectivity index is 2.13. The first-order chi connectivity index (χ1) is 9.65. The Labute approximate surface area is 118 Å². The van der Waals surface area contributed by atoms with Crippen molar-refractivity contribution in [3.05, 3.63) is 23.8 Å². The molecule has 1 heterocycles. The fourth-order valence-corrected chi connectivity index (χ4v) is 2.43. The van der Waals surface area contributed by atoms with E-state index in [0.29, 0.717) is 24.6 Å². The van der Waals surface area contributed by atoms with Gasteiger partial charge in [0.1, 0.15) is 6.04 Å². The highest BCUT2D eigenvalue weighted by atomic mass is 16.5. The third-order valence-electron chi connectivity index (χ3n) is 3.52. The zero-order valence-corrected chi connectivity index (χ0v) is 11.9. The summed E-state index contributed by atoms with van der Waals surface area (Å²) < 4.78 is 10.5. The van der Waals surface area contributed by atoms with Crippen molar-refractivity contribution in [1.29, 1.82) is 0 Å². The monoisotopic (exact) mass is 279 g/mol. The van der Waals surface area contributed by atoms with E-state index in [9.17, 15) is 4.79 Å². The summed E-state index contributed by atoms with van der Waals surface area (Å²) in [6, 6.07) is 5.51. The van der Waals surface area contributed by atoms with Crippen molar-refractivity contribution in [3.8, 4) is 11.5 Å². The molecule has 1 fully saturated rings. The van der Waals surface area contributed by atoms with Crippen molar-refractivity contribution in [2.45, 2.75) is 12.6 Å². The first kappa shape index (κ1) is 14.6. The van der Waals surface area contributed by atoms with E-state index in [1.165, 1.54) is 0 Å². The molecular formula is C14H21N3O3. The van der Waals surface area contributed by atoms with Crippen LogP contribution in [0.15, 0.2) is 18.2 Å². The minimum absolute atomic E-state index is 0.267. The van der Waals surface area contributed by atoms with Crippen molar-refractivity contribution < 1.29 is 14.3 Å². The van der Waals surface area contributed by atoms with E-state index in [0.717, 1.165) is 18.7 Å². The SMILES string of the molecule is COc1ccc(CN2CCNCC2C(N)=O)cc1OC. The van der Waals surface area contributed by atoms with Crippen molar-refractivity contribution in [2.75, 3.05) is 33.9 Å². The Hall–Kier alpha value is -1.79. The second-order valence-corrected chi connectivity index (χ2v) is 4.78. The molecule has 0 radical (unpaired) electrons. The van der Waals surface area contributed by atoms with Gasteiger partial charge >= 0.3 is 0 Å². The number of nitrogens with one attached hydrogen (secondary N) is 1. The standard InChI is InChI=1S/C14H21N3O3/c1-19-12-4-3-10(7-13(12)20-2)9-17-6-5-16-8-11(17)14(15)18/h3-4,7,11,16H,5-6,8-9H2,1-2H3,(H2,15,18). The van der Waals surface area contributed by atoms with Gasteiger partial charge in [0.15, 0.2) is 11.5 Å². The summed E-state index contributed by atoms with van der Waals surface area (Å²) in [6.45, 7) is 2.91. The van der Waals surface area contributed by atoms with E-state index in [1.54, 1.807) is 14.2 Å². The number of benzene rings is 1. The molecule has 1 aromatic carbocycles. The maximum absolute atomic E-state index is 11.5. The van der Waals surface area contributed by atoms with Gasteiger partial charge in [-0.1, -0.05) is 6.07 Å². The van der Waals surface area contributed by atoms with E-state index in [1.807, 2.05) is 18.2 Å². The van der Waals surface area contributed by atoms with Crippen LogP contribution in [0.25, 0.3) is 0 Å². The molecule has 1 aromatic rings. The lowest BCUT2D eigenvalue weighted by Gasteiger charge is -2.34. The second kappa shape index (κ2) is 6.58. The van der Waals surface area contributed by atoms with Gasteiger partial charge in [-0.05, 0) is 17.7 Å². The number of nitrogens with two attached hydrogens (primary N) is 1. The largest absolute Gasteiger partial charge is 0.493 e. The van der Waals surface area contributed by atoms with Crippen LogP contribution < -0.4 is 20.5 Å². The molecule has 20 heavy (non-hydrogen) atoms. The maximum Gasteiger partial charge on any atom is 0.236 e. The summed E-state index contributed by atoms with van der Waals surface area (Å²) in [6.07, 6.45) is 0. The summed E-state index contributed by atoms with van der Waals surface area (Å²) in [7, 11) is 3.22. The fourth-order valence-electron chi connectivity index (χ4n) is 2.43. The van der Waals surface area contributed by atoms with Crippen LogP contribution in [0, 0.1) is 0 Å². The van der Waals surface area contributed by atoms with Crippen LogP contribution in [0.5, 0.6) is 11.5 Å². The highest BCUT2D eigenvalue weighted by Gasteiger charge is 2.26. The lowest BCUT2D eigenvalue weighted by Crippen LogP contribution is -2.56. The second-order valence-electron chi connectivity index (χ2n) is 4.78. The Morgan fingerprint density at radius 2 is 2.15 bits per heavy atom. The maximum atomic E-state index is 11.5. The van der Waals surface area contributed by atoms with E-state index >= 15 is 0 Å². The molecule has 6 nitrogen and oxygen atoms in total. The molecular weight excluding hydrogens is 258 g/mol. The van der Waals surface area contributed by atoms with E-state index in [-0.39, 0.29) is 11.9 Å². The number of hydrogen-bond acceptors (Lipinski definition) is 5. The lowest BCUT2D eigenvalue weighted by atomic mass is 10.1. The van der Waals surface area contributed by atoms with Crippen LogP contribution in [-0.4, -0.2) is 50.7 Å². The highest BCUT2D eigenvalue weighted by molar-refractivity contribution is 5.80. The quantitative estimate of drug-likeness (QED) is 0.791. The van der Waals surface area contributed by atoms with Gasteiger partial charge in [0.05, 0.1) is 14.2 Å². The predicted octanol–water partition coefficient (Wildman–Crippen LogP) is -0.0371. The van der Waals surface area contributed by atoms with Gasteiger partial charge in [0, 0.05) is 26.2 Å². The highest BCUT2D eigenvalue weighted by Crippen LogP contribution is 2.28. The number of piperazine rings is 1. The number of rotatable bonds is 5. The fraction of sp³-hybridized carbons (Fsp3) is 0.500. The molecule has 0 spiro atoms. The molecule has 1 amide bonds. The number of nitrogens with zero attached hydrogens (tertiary/aromatic N) is 1. The Kier molecular flexibility index (Phi) is 4.81. The third kappa shape index (κ3) is 3.20. The number of amides is 1. The zero-order chi connectivity index (χ0) is 14.5. The van der Waals surface area contributed by atoms with Crippen molar-refractivity contribution in [2.24, 2.45) is 5.73 Å². The summed E-state index contributed by atoms with van der Waals surface area (Å²) in [5.74, 6) is 1.09. The number of primary amides is 1. The molecule has 1 aliphatic rings. The number of hydrogen-bond donors (Lipinski definition) is 2. The average molecular weight is 279 g/mol. The molecule has 1 saturated heterocycles. The van der Waals surface area contributed by atoms with Crippen LogP contribution in [0.2, 0.25) is 0 Å². The Morgan fingerprint density at radius 1 is 1.40 bits per heavy atom. The van der Waals surface area contributed by atoms with Crippen LogP contribution in [0.3, 0.4) is 0 Å². The van der Waals surface area contributed by atoms with Gasteiger partial charge in [-0.3, -0.25) is 9.69 Å². The zero-order valence-electron chi connectivity index (χ0n) is 11.9. The molecule has 0 saturated carbocycles. The molecule has 0 aliphatic carbocycles. The summed E-state index contributed by atoms with van der Waals surface area (Å²) in [5.41, 5.74) is 6.51. The van der Waals surface area contributed by atoms with Gasteiger partial charge < -0.3 is 20.5 Å². The minimum atomic E-state index is -0.294. The van der Waals surface area contributed by atoms with Crippen molar-refractivity contribution in [1.82, 2.24) is 10.2 Å². The first-order valence-electron chi connectivity index (χ1n) is 6.60. The lowest BCUT2D eigenvalue weighted by molar-refractivity contribution is -0.124. The van der Waals surface area contributed by atoms with Crippen LogP contribution in [-0.2, 0) is 11.3 Å². The number of carbonyl (C=O) groups excluding carboxylic acids is 1. The third-order valence-corrected chi connectivity index (χ3v) is 3.52. The van der Waals surface area contributed by atoms with Crippen LogP contribution >= 0.6 is 0 Å². The Bertz CT molecular complexity index is 479. The number of carbonyl (C=O) groups is 1. The smallest absolute Gasteiger partial charge is 0.236 e. The molecule has 1 aliphatic heterocycles. The molecule has 1 unspecified atom stereocenters. The Morgan fingerprint density at radius 3 is 2.80 bits per heavy atom. The van der Waals surface area contributed by atoms with Crippen molar-refractivity contribution in [3.63, 3.8) is 0 Å². The number of methoxy groups -OCH3 is 2. The van der Waals surface area contributed by atoms with E-state index < -0.39 is 0 Å². The van der Waals surface area contributed by atoms with Gasteiger partial charge in [-0.15, -0.1) is 0 Å². The summed E-state index contributed by atoms with van der Waals surface area (Å²) in [4.78, 5) is 13.6. The van der Waals surface area contributed by atoms with Gasteiger partial charge in [0.2, 0.25) is 5.91 Å². The van der Waals surface area contributed by atoms with Gasteiger partial charge in [-0.25, -0.2) is 0 Å². The number of ether oxygens (including phenoxy) is 2. The molecule has 2 rings (SSSR count). The molecule has 6 heteroatoms. The molecule has 0 bridgehead atoms. The molecule has 1 atom stereocenters. The molecule has 3 N–H and O–H groups in total. The summed E-state index contributed by atoms with van der Waals surface area (Å²) >= 11 is 0. The average Bonchev–Trinajstić information content (AvgIpc) is 2.47. The van der Waals surface area contributed by atoms with E-state index in [2.05, 4.69) is 10.2 Å². The first-order valence-corrected chi connectivity index (χ1v) is 6.60. The summed E-state index contributed by atoms with van der Waals surface area (Å²) in [5, 5.41) is 3.19. The van der Waals surface area contributed by atoms with Crippen molar-refractivity contribution >= 4 is 5.91 Å². The normalized spacial score (nSPS) is 19.6. The predicted molar refractivity (Wildman–Crippen MR) is 75.8 cm³/mol. The molecule has 0 aromatic heterocycles. The topological polar surface area (TPSA) is 76.8 Å². The van der Waals surface area contributed by atoms with Gasteiger partial charge in [-0.2, -0.15) is 0 Å². The van der Waals surface area contributed by atoms with E-state index in [4.69, 9.17) is 15.2 Å². The minimum Gasteiger partial charge on any atom is -0.493 e. The van der Waals surface area contributed by atoms with Crippen LogP contribution in [0.4, 0.5) is 0 Å². The molecule has 110 valence electrons.